The smallest absolute Gasteiger partial charge is 0.230 e. The number of hydrogen-bond donors (Lipinski definition) is 1. The van der Waals surface area contributed by atoms with Crippen molar-refractivity contribution < 1.29 is 4.79 Å². The molecule has 0 spiro atoms. The molecular formula is C21H25N5OS. The van der Waals surface area contributed by atoms with Crippen molar-refractivity contribution in [3.8, 4) is 5.69 Å². The van der Waals surface area contributed by atoms with Gasteiger partial charge in [0.15, 0.2) is 0 Å². The molecule has 0 unspecified atom stereocenters. The van der Waals surface area contributed by atoms with Crippen LogP contribution in [0.5, 0.6) is 0 Å². The molecular weight excluding hydrogens is 370 g/mol. The van der Waals surface area contributed by atoms with Gasteiger partial charge in [-0.25, -0.2) is 0 Å². The van der Waals surface area contributed by atoms with Crippen LogP contribution in [0.1, 0.15) is 30.9 Å². The number of benzene rings is 2. The van der Waals surface area contributed by atoms with Gasteiger partial charge in [-0.15, -0.1) is 5.10 Å². The van der Waals surface area contributed by atoms with E-state index in [-0.39, 0.29) is 11.7 Å². The lowest BCUT2D eigenvalue weighted by Crippen LogP contribution is -2.27. The number of aromatic nitrogens is 4. The minimum Gasteiger partial charge on any atom is -0.355 e. The summed E-state index contributed by atoms with van der Waals surface area (Å²) in [6, 6.07) is 18.4. The standard InChI is InChI=1S/C21H25N5OS/c1-2-3-7-18-10-12-19(13-11-18)26-21(23-24-25-26)28-16-20(27)22-15-14-17-8-5-4-6-9-17/h4-6,8-13H,2-3,7,14-16H2,1H3,(H,22,27). The number of amides is 1. The number of rotatable bonds is 10. The zero-order valence-corrected chi connectivity index (χ0v) is 16.9. The summed E-state index contributed by atoms with van der Waals surface area (Å²) in [5, 5.41) is 15.4. The molecule has 7 heteroatoms. The second-order valence-electron chi connectivity index (χ2n) is 6.52. The summed E-state index contributed by atoms with van der Waals surface area (Å²) in [5.74, 6) is 0.259. The van der Waals surface area contributed by atoms with Crippen molar-refractivity contribution in [2.45, 2.75) is 37.8 Å². The van der Waals surface area contributed by atoms with Crippen LogP contribution in [-0.4, -0.2) is 38.4 Å². The maximum atomic E-state index is 12.1. The average Bonchev–Trinajstić information content (AvgIpc) is 3.20. The van der Waals surface area contributed by atoms with E-state index < -0.39 is 0 Å². The highest BCUT2D eigenvalue weighted by molar-refractivity contribution is 7.99. The lowest BCUT2D eigenvalue weighted by atomic mass is 10.1. The van der Waals surface area contributed by atoms with Crippen molar-refractivity contribution in [2.75, 3.05) is 12.3 Å². The summed E-state index contributed by atoms with van der Waals surface area (Å²) in [6.07, 6.45) is 4.27. The lowest BCUT2D eigenvalue weighted by molar-refractivity contribution is -0.118. The Morgan fingerprint density at radius 3 is 2.54 bits per heavy atom. The topological polar surface area (TPSA) is 72.7 Å². The van der Waals surface area contributed by atoms with Gasteiger partial charge in [0.25, 0.3) is 0 Å². The highest BCUT2D eigenvalue weighted by atomic mass is 32.2. The van der Waals surface area contributed by atoms with Crippen LogP contribution >= 0.6 is 11.8 Å². The van der Waals surface area contributed by atoms with E-state index >= 15 is 0 Å². The van der Waals surface area contributed by atoms with E-state index in [1.807, 2.05) is 30.3 Å². The van der Waals surface area contributed by atoms with E-state index in [1.54, 1.807) is 4.68 Å². The van der Waals surface area contributed by atoms with E-state index in [0.29, 0.717) is 11.7 Å². The minimum atomic E-state index is -0.0228. The van der Waals surface area contributed by atoms with Crippen LogP contribution < -0.4 is 5.32 Å². The quantitative estimate of drug-likeness (QED) is 0.532. The van der Waals surface area contributed by atoms with Crippen LogP contribution in [0.4, 0.5) is 0 Å². The number of tetrazole rings is 1. The number of hydrogen-bond acceptors (Lipinski definition) is 5. The van der Waals surface area contributed by atoms with Gasteiger partial charge in [-0.2, -0.15) is 4.68 Å². The van der Waals surface area contributed by atoms with E-state index in [4.69, 9.17) is 0 Å². The van der Waals surface area contributed by atoms with Crippen LogP contribution in [0, 0.1) is 0 Å². The van der Waals surface area contributed by atoms with Gasteiger partial charge in [-0.05, 0) is 52.9 Å². The molecule has 2 aromatic carbocycles. The summed E-state index contributed by atoms with van der Waals surface area (Å²) < 4.78 is 1.67. The van der Waals surface area contributed by atoms with Gasteiger partial charge in [-0.3, -0.25) is 4.79 Å². The molecule has 0 aliphatic rings. The SMILES string of the molecule is CCCCc1ccc(-n2nnnc2SCC(=O)NCCc2ccccc2)cc1. The largest absolute Gasteiger partial charge is 0.355 e. The molecule has 0 aliphatic heterocycles. The van der Waals surface area contributed by atoms with Gasteiger partial charge >= 0.3 is 0 Å². The summed E-state index contributed by atoms with van der Waals surface area (Å²) in [7, 11) is 0. The lowest BCUT2D eigenvalue weighted by Gasteiger charge is -2.07. The Morgan fingerprint density at radius 2 is 1.79 bits per heavy atom. The van der Waals surface area contributed by atoms with Crippen molar-refractivity contribution in [2.24, 2.45) is 0 Å². The molecule has 1 amide bonds. The monoisotopic (exact) mass is 395 g/mol. The molecule has 1 N–H and O–H groups in total. The molecule has 6 nitrogen and oxygen atoms in total. The molecule has 0 atom stereocenters. The molecule has 1 heterocycles. The fourth-order valence-corrected chi connectivity index (χ4v) is 3.51. The molecule has 0 radical (unpaired) electrons. The molecule has 0 saturated carbocycles. The third-order valence-electron chi connectivity index (χ3n) is 4.35. The summed E-state index contributed by atoms with van der Waals surface area (Å²) in [4.78, 5) is 12.1. The Hall–Kier alpha value is -2.67. The highest BCUT2D eigenvalue weighted by Gasteiger charge is 2.11. The number of unbranched alkanes of at least 4 members (excludes halogenated alkanes) is 1. The van der Waals surface area contributed by atoms with Gasteiger partial charge in [0, 0.05) is 6.54 Å². The molecule has 146 valence electrons. The first-order valence-electron chi connectivity index (χ1n) is 9.57. The number of carbonyl (C=O) groups excluding carboxylic acids is 1. The number of thioether (sulfide) groups is 1. The first-order valence-corrected chi connectivity index (χ1v) is 10.6. The van der Waals surface area contributed by atoms with Crippen molar-refractivity contribution in [1.82, 2.24) is 25.5 Å². The predicted molar refractivity (Wildman–Crippen MR) is 112 cm³/mol. The Morgan fingerprint density at radius 1 is 1.04 bits per heavy atom. The van der Waals surface area contributed by atoms with Crippen molar-refractivity contribution in [3.05, 3.63) is 65.7 Å². The molecule has 0 aliphatic carbocycles. The van der Waals surface area contributed by atoms with Crippen LogP contribution in [0.25, 0.3) is 5.69 Å². The Kier molecular flexibility index (Phi) is 7.61. The zero-order chi connectivity index (χ0) is 19.6. The highest BCUT2D eigenvalue weighted by Crippen LogP contribution is 2.18. The molecule has 3 rings (SSSR count). The van der Waals surface area contributed by atoms with Crippen LogP contribution in [0.2, 0.25) is 0 Å². The molecule has 0 fully saturated rings. The van der Waals surface area contributed by atoms with Gasteiger partial charge < -0.3 is 5.32 Å². The van der Waals surface area contributed by atoms with Crippen molar-refractivity contribution in [3.63, 3.8) is 0 Å². The average molecular weight is 396 g/mol. The third kappa shape index (κ3) is 5.92. The van der Waals surface area contributed by atoms with Gasteiger partial charge in [-0.1, -0.05) is 67.6 Å². The molecule has 1 aromatic heterocycles. The molecule has 0 saturated heterocycles. The third-order valence-corrected chi connectivity index (χ3v) is 5.27. The maximum Gasteiger partial charge on any atom is 0.230 e. The fraction of sp³-hybridized carbons (Fsp3) is 0.333. The van der Waals surface area contributed by atoms with Crippen molar-refractivity contribution >= 4 is 17.7 Å². The van der Waals surface area contributed by atoms with E-state index in [0.717, 1.165) is 18.5 Å². The molecule has 28 heavy (non-hydrogen) atoms. The second-order valence-corrected chi connectivity index (χ2v) is 7.46. The van der Waals surface area contributed by atoms with E-state index in [1.165, 1.54) is 35.7 Å². The van der Waals surface area contributed by atoms with E-state index in [2.05, 4.69) is 52.0 Å². The Balaban J connectivity index is 1.49. The molecule has 0 bridgehead atoms. The van der Waals surface area contributed by atoms with Crippen molar-refractivity contribution in [1.29, 1.82) is 0 Å². The van der Waals surface area contributed by atoms with Crippen LogP contribution in [-0.2, 0) is 17.6 Å². The summed E-state index contributed by atoms with van der Waals surface area (Å²) >= 11 is 1.34. The molecule has 3 aromatic rings. The first-order chi connectivity index (χ1) is 13.8. The minimum absolute atomic E-state index is 0.0228. The number of aryl methyl sites for hydroxylation is 1. The predicted octanol–water partition coefficient (Wildman–Crippen LogP) is 3.46. The normalized spacial score (nSPS) is 10.8. The second kappa shape index (κ2) is 10.6. The maximum absolute atomic E-state index is 12.1. The Labute approximate surface area is 169 Å². The number of nitrogens with one attached hydrogen (secondary N) is 1. The first kappa shape index (κ1) is 20.1. The summed E-state index contributed by atoms with van der Waals surface area (Å²) in [6.45, 7) is 2.81. The summed E-state index contributed by atoms with van der Waals surface area (Å²) in [5.41, 5.74) is 3.42. The fourth-order valence-electron chi connectivity index (χ4n) is 2.79. The van der Waals surface area contributed by atoms with Gasteiger partial charge in [0.05, 0.1) is 11.4 Å². The van der Waals surface area contributed by atoms with E-state index in [9.17, 15) is 4.79 Å². The van der Waals surface area contributed by atoms with Crippen LogP contribution in [0.15, 0.2) is 59.8 Å². The van der Waals surface area contributed by atoms with Gasteiger partial charge in [0.2, 0.25) is 11.1 Å². The zero-order valence-electron chi connectivity index (χ0n) is 16.0. The Bertz CT molecular complexity index is 864. The number of nitrogens with zero attached hydrogens (tertiary/aromatic N) is 4. The number of carbonyl (C=O) groups is 1. The van der Waals surface area contributed by atoms with Gasteiger partial charge in [0.1, 0.15) is 0 Å². The van der Waals surface area contributed by atoms with Crippen LogP contribution in [0.3, 0.4) is 0 Å².